The predicted molar refractivity (Wildman–Crippen MR) is 127 cm³/mol. The maximum absolute atomic E-state index is 13.8. The van der Waals surface area contributed by atoms with Crippen LogP contribution in [0, 0.1) is 11.7 Å². The van der Waals surface area contributed by atoms with Crippen LogP contribution in [0.4, 0.5) is 4.39 Å². The van der Waals surface area contributed by atoms with Crippen molar-refractivity contribution >= 4 is 5.91 Å². The lowest BCUT2D eigenvalue weighted by atomic mass is 9.79. The van der Waals surface area contributed by atoms with E-state index in [1.165, 1.54) is 6.07 Å². The van der Waals surface area contributed by atoms with Crippen molar-refractivity contribution in [2.45, 2.75) is 57.8 Å². The second kappa shape index (κ2) is 10.6. The summed E-state index contributed by atoms with van der Waals surface area (Å²) in [5.74, 6) is 1.51. The Bertz CT molecular complexity index is 1080. The van der Waals surface area contributed by atoms with Crippen molar-refractivity contribution in [2.75, 3.05) is 6.54 Å². The van der Waals surface area contributed by atoms with Crippen LogP contribution in [0.1, 0.15) is 68.4 Å². The quantitative estimate of drug-likeness (QED) is 0.525. The summed E-state index contributed by atoms with van der Waals surface area (Å²) in [6, 6.07) is 10.5. The zero-order valence-electron chi connectivity index (χ0n) is 19.3. The Morgan fingerprint density at radius 3 is 2.52 bits per heavy atom. The van der Waals surface area contributed by atoms with Gasteiger partial charge in [0, 0.05) is 42.5 Å². The van der Waals surface area contributed by atoms with E-state index in [0.29, 0.717) is 23.9 Å². The fraction of sp³-hybridized carbons (Fsp3) is 0.407. The van der Waals surface area contributed by atoms with Gasteiger partial charge >= 0.3 is 0 Å². The van der Waals surface area contributed by atoms with Crippen molar-refractivity contribution in [3.05, 3.63) is 77.9 Å². The molecular weight excluding hydrogens is 415 g/mol. The molecule has 6 heteroatoms. The predicted octanol–water partition coefficient (Wildman–Crippen LogP) is 5.43. The third kappa shape index (κ3) is 5.81. The SMILES string of the molecule is CC(C)c1ncc(-c2ccncc2)c(C2CCC(CNC(=O)Cc3ccccc3F)CC2)n1. The number of rotatable bonds is 7. The molecule has 0 atom stereocenters. The number of amides is 1. The Morgan fingerprint density at radius 1 is 1.09 bits per heavy atom. The molecule has 0 saturated heterocycles. The Labute approximate surface area is 194 Å². The summed E-state index contributed by atoms with van der Waals surface area (Å²) in [7, 11) is 0. The summed E-state index contributed by atoms with van der Waals surface area (Å²) in [5.41, 5.74) is 3.75. The third-order valence-electron chi connectivity index (χ3n) is 6.47. The number of hydrogen-bond acceptors (Lipinski definition) is 4. The van der Waals surface area contributed by atoms with Gasteiger partial charge in [-0.2, -0.15) is 0 Å². The van der Waals surface area contributed by atoms with Crippen molar-refractivity contribution in [2.24, 2.45) is 5.92 Å². The van der Waals surface area contributed by atoms with Gasteiger partial charge in [0.25, 0.3) is 0 Å². The van der Waals surface area contributed by atoms with Crippen LogP contribution in [0.15, 0.2) is 55.0 Å². The molecule has 1 N–H and O–H groups in total. The molecule has 0 unspecified atom stereocenters. The van der Waals surface area contributed by atoms with Crippen LogP contribution in [0.25, 0.3) is 11.1 Å². The van der Waals surface area contributed by atoms with Crippen LogP contribution in [0.5, 0.6) is 0 Å². The summed E-state index contributed by atoms with van der Waals surface area (Å²) in [5, 5.41) is 3.01. The summed E-state index contributed by atoms with van der Waals surface area (Å²) >= 11 is 0. The summed E-state index contributed by atoms with van der Waals surface area (Å²) in [6.07, 6.45) is 9.76. The number of carbonyl (C=O) groups is 1. The zero-order valence-corrected chi connectivity index (χ0v) is 19.3. The first kappa shape index (κ1) is 23.0. The fourth-order valence-electron chi connectivity index (χ4n) is 4.53. The molecule has 1 aliphatic carbocycles. The van der Waals surface area contributed by atoms with Gasteiger partial charge in [-0.25, -0.2) is 14.4 Å². The molecule has 1 saturated carbocycles. The maximum Gasteiger partial charge on any atom is 0.224 e. The fourth-order valence-corrected chi connectivity index (χ4v) is 4.53. The van der Waals surface area contributed by atoms with Crippen LogP contribution in [0.2, 0.25) is 0 Å². The maximum atomic E-state index is 13.8. The molecule has 172 valence electrons. The van der Waals surface area contributed by atoms with Crippen LogP contribution < -0.4 is 5.32 Å². The number of halogens is 1. The van der Waals surface area contributed by atoms with Gasteiger partial charge in [-0.15, -0.1) is 0 Å². The molecule has 2 heterocycles. The second-order valence-corrected chi connectivity index (χ2v) is 9.21. The first-order valence-corrected chi connectivity index (χ1v) is 11.8. The highest BCUT2D eigenvalue weighted by Gasteiger charge is 2.27. The van der Waals surface area contributed by atoms with E-state index in [1.54, 1.807) is 30.6 Å². The summed E-state index contributed by atoms with van der Waals surface area (Å²) < 4.78 is 13.8. The first-order chi connectivity index (χ1) is 16.0. The topological polar surface area (TPSA) is 67.8 Å². The molecule has 33 heavy (non-hydrogen) atoms. The molecule has 0 bridgehead atoms. The van der Waals surface area contributed by atoms with E-state index >= 15 is 0 Å². The lowest BCUT2D eigenvalue weighted by Crippen LogP contribution is -2.32. The number of nitrogens with one attached hydrogen (secondary N) is 1. The minimum Gasteiger partial charge on any atom is -0.356 e. The highest BCUT2D eigenvalue weighted by molar-refractivity contribution is 5.78. The van der Waals surface area contributed by atoms with Gasteiger partial charge in [0.15, 0.2) is 0 Å². The third-order valence-corrected chi connectivity index (χ3v) is 6.47. The number of carbonyl (C=O) groups excluding carboxylic acids is 1. The molecule has 0 aliphatic heterocycles. The average molecular weight is 447 g/mol. The van der Waals surface area contributed by atoms with Crippen LogP contribution >= 0.6 is 0 Å². The molecule has 5 nitrogen and oxygen atoms in total. The Kier molecular flexibility index (Phi) is 7.43. The smallest absolute Gasteiger partial charge is 0.224 e. The van der Waals surface area contributed by atoms with Crippen molar-refractivity contribution in [1.29, 1.82) is 0 Å². The summed E-state index contributed by atoms with van der Waals surface area (Å²) in [4.78, 5) is 26.0. The molecule has 1 fully saturated rings. The second-order valence-electron chi connectivity index (χ2n) is 9.21. The number of nitrogens with zero attached hydrogens (tertiary/aromatic N) is 3. The van der Waals surface area contributed by atoms with Gasteiger partial charge < -0.3 is 5.32 Å². The van der Waals surface area contributed by atoms with E-state index in [2.05, 4.69) is 29.1 Å². The van der Waals surface area contributed by atoms with Gasteiger partial charge in [-0.1, -0.05) is 32.0 Å². The van der Waals surface area contributed by atoms with Crippen LogP contribution in [-0.4, -0.2) is 27.4 Å². The first-order valence-electron chi connectivity index (χ1n) is 11.8. The van der Waals surface area contributed by atoms with Crippen molar-refractivity contribution in [3.8, 4) is 11.1 Å². The van der Waals surface area contributed by atoms with Gasteiger partial charge in [-0.3, -0.25) is 9.78 Å². The molecule has 0 radical (unpaired) electrons. The molecule has 1 aliphatic rings. The highest BCUT2D eigenvalue weighted by atomic mass is 19.1. The van der Waals surface area contributed by atoms with E-state index in [1.807, 2.05) is 18.3 Å². The largest absolute Gasteiger partial charge is 0.356 e. The van der Waals surface area contributed by atoms with Crippen LogP contribution in [0.3, 0.4) is 0 Å². The zero-order chi connectivity index (χ0) is 23.2. The molecule has 0 spiro atoms. The Hall–Kier alpha value is -3.15. The van der Waals surface area contributed by atoms with Crippen molar-refractivity contribution < 1.29 is 9.18 Å². The number of pyridine rings is 1. The van der Waals surface area contributed by atoms with E-state index in [0.717, 1.165) is 48.3 Å². The standard InChI is InChI=1S/C27H31FN4O/c1-18(2)27-31-17-23(20-11-13-29-14-12-20)26(32-27)21-9-7-19(8-10-21)16-30-25(33)15-22-5-3-4-6-24(22)28/h3-6,11-14,17-19,21H,7-10,15-16H2,1-2H3,(H,30,33). The summed E-state index contributed by atoms with van der Waals surface area (Å²) in [6.45, 7) is 4.87. The number of benzene rings is 1. The number of hydrogen-bond donors (Lipinski definition) is 1. The molecule has 3 aromatic rings. The molecule has 4 rings (SSSR count). The van der Waals surface area contributed by atoms with Gasteiger partial charge in [0.2, 0.25) is 5.91 Å². The Morgan fingerprint density at radius 2 is 1.82 bits per heavy atom. The lowest BCUT2D eigenvalue weighted by Gasteiger charge is -2.29. The molecule has 1 amide bonds. The minimum absolute atomic E-state index is 0.0796. The van der Waals surface area contributed by atoms with Gasteiger partial charge in [0.1, 0.15) is 11.6 Å². The molecule has 2 aromatic heterocycles. The van der Waals surface area contributed by atoms with E-state index in [-0.39, 0.29) is 24.1 Å². The van der Waals surface area contributed by atoms with Gasteiger partial charge in [0.05, 0.1) is 12.1 Å². The highest BCUT2D eigenvalue weighted by Crippen LogP contribution is 2.39. The van der Waals surface area contributed by atoms with E-state index in [4.69, 9.17) is 4.98 Å². The lowest BCUT2D eigenvalue weighted by molar-refractivity contribution is -0.120. The van der Waals surface area contributed by atoms with E-state index in [9.17, 15) is 9.18 Å². The molecule has 1 aromatic carbocycles. The van der Waals surface area contributed by atoms with Crippen molar-refractivity contribution in [1.82, 2.24) is 20.3 Å². The minimum atomic E-state index is -0.330. The van der Waals surface area contributed by atoms with Crippen LogP contribution in [-0.2, 0) is 11.2 Å². The monoisotopic (exact) mass is 446 g/mol. The normalized spacial score (nSPS) is 18.3. The average Bonchev–Trinajstić information content (AvgIpc) is 2.84. The number of aromatic nitrogens is 3. The van der Waals surface area contributed by atoms with E-state index < -0.39 is 0 Å². The van der Waals surface area contributed by atoms with Crippen molar-refractivity contribution in [3.63, 3.8) is 0 Å². The molecular formula is C27H31FN4O. The Balaban J connectivity index is 1.38. The van der Waals surface area contributed by atoms with Gasteiger partial charge in [-0.05, 0) is 60.9 Å².